The maximum absolute atomic E-state index is 10.8. The second kappa shape index (κ2) is 8.13. The standard InChI is InChI=1S/C31H54O/c1-20(2)21(3)10-11-22(4)23-14-18-31(9)25-12-13-26-28(5,6)27(32)16-17-29(26,7)24(25)15-19-30(23,31)8/h12,20-24,26-27,32H,10-11,13-19H2,1-9H3/t21?,22-,23-,24+,26?,27?,29-,30-,31+/m1/s1. The van der Waals surface area contributed by atoms with E-state index in [2.05, 4.69) is 68.4 Å². The van der Waals surface area contributed by atoms with E-state index in [4.69, 9.17) is 0 Å². The van der Waals surface area contributed by atoms with Crippen LogP contribution in [0.5, 0.6) is 0 Å². The van der Waals surface area contributed by atoms with Crippen molar-refractivity contribution in [3.05, 3.63) is 11.6 Å². The first kappa shape index (κ1) is 24.8. The highest BCUT2D eigenvalue weighted by molar-refractivity contribution is 5.33. The van der Waals surface area contributed by atoms with Gasteiger partial charge >= 0.3 is 0 Å². The monoisotopic (exact) mass is 442 g/mol. The summed E-state index contributed by atoms with van der Waals surface area (Å²) in [7, 11) is 0. The fourth-order valence-electron chi connectivity index (χ4n) is 9.71. The predicted molar refractivity (Wildman–Crippen MR) is 137 cm³/mol. The van der Waals surface area contributed by atoms with Gasteiger partial charge in [0.15, 0.2) is 0 Å². The number of hydrogen-bond acceptors (Lipinski definition) is 1. The molecule has 32 heavy (non-hydrogen) atoms. The molecule has 0 aromatic heterocycles. The summed E-state index contributed by atoms with van der Waals surface area (Å²) in [6.07, 6.45) is 14.4. The first-order valence-corrected chi connectivity index (χ1v) is 14.2. The second-order valence-electron chi connectivity index (χ2n) is 14.6. The summed E-state index contributed by atoms with van der Waals surface area (Å²) in [5.41, 5.74) is 3.10. The molecule has 0 heterocycles. The van der Waals surface area contributed by atoms with Gasteiger partial charge < -0.3 is 5.11 Å². The van der Waals surface area contributed by atoms with Crippen LogP contribution in [0.1, 0.15) is 120 Å². The van der Waals surface area contributed by atoms with E-state index in [1.165, 1.54) is 51.4 Å². The lowest BCUT2D eigenvalue weighted by atomic mass is 9.41. The molecule has 3 saturated carbocycles. The van der Waals surface area contributed by atoms with Crippen LogP contribution in [0.25, 0.3) is 0 Å². The van der Waals surface area contributed by atoms with Gasteiger partial charge in [-0.2, -0.15) is 0 Å². The van der Waals surface area contributed by atoms with Crippen molar-refractivity contribution in [2.45, 2.75) is 126 Å². The van der Waals surface area contributed by atoms with Gasteiger partial charge in [0.1, 0.15) is 0 Å². The first-order valence-electron chi connectivity index (χ1n) is 14.2. The van der Waals surface area contributed by atoms with Gasteiger partial charge in [0.25, 0.3) is 0 Å². The van der Waals surface area contributed by atoms with Crippen LogP contribution in [-0.2, 0) is 0 Å². The molecule has 0 bridgehead atoms. The Labute approximate surface area is 200 Å². The topological polar surface area (TPSA) is 20.2 Å². The third-order valence-electron chi connectivity index (χ3n) is 12.8. The summed E-state index contributed by atoms with van der Waals surface area (Å²) in [6, 6.07) is 0. The normalized spacial score (nSPS) is 47.3. The molecule has 3 fully saturated rings. The smallest absolute Gasteiger partial charge is 0.0594 e. The predicted octanol–water partition coefficient (Wildman–Crippen LogP) is 8.66. The largest absolute Gasteiger partial charge is 0.393 e. The van der Waals surface area contributed by atoms with Gasteiger partial charge in [-0.1, -0.05) is 86.8 Å². The van der Waals surface area contributed by atoms with Crippen molar-refractivity contribution in [1.29, 1.82) is 0 Å². The molecule has 0 aromatic carbocycles. The molecule has 0 aliphatic heterocycles. The molecule has 1 heteroatoms. The Bertz CT molecular complexity index is 733. The van der Waals surface area contributed by atoms with Crippen LogP contribution in [-0.4, -0.2) is 11.2 Å². The highest BCUT2D eigenvalue weighted by atomic mass is 16.3. The Morgan fingerprint density at radius 2 is 1.59 bits per heavy atom. The van der Waals surface area contributed by atoms with Gasteiger partial charge in [0, 0.05) is 0 Å². The number of fused-ring (bicyclic) bond motifs is 5. The summed E-state index contributed by atoms with van der Waals surface area (Å²) < 4.78 is 0. The minimum absolute atomic E-state index is 0.0382. The molecule has 1 nitrogen and oxygen atoms in total. The van der Waals surface area contributed by atoms with E-state index < -0.39 is 0 Å². The maximum Gasteiger partial charge on any atom is 0.0594 e. The number of allylic oxidation sites excluding steroid dienone is 2. The van der Waals surface area contributed by atoms with Gasteiger partial charge in [-0.05, 0) is 102 Å². The molecule has 9 atom stereocenters. The van der Waals surface area contributed by atoms with E-state index in [1.807, 2.05) is 5.57 Å². The van der Waals surface area contributed by atoms with Crippen LogP contribution in [0.3, 0.4) is 0 Å². The van der Waals surface area contributed by atoms with Crippen molar-refractivity contribution < 1.29 is 5.11 Å². The number of rotatable bonds is 5. The van der Waals surface area contributed by atoms with Crippen LogP contribution < -0.4 is 0 Å². The van der Waals surface area contributed by atoms with Gasteiger partial charge in [0.05, 0.1) is 6.10 Å². The lowest BCUT2D eigenvalue weighted by Crippen LogP contribution is -2.58. The van der Waals surface area contributed by atoms with Crippen LogP contribution >= 0.6 is 0 Å². The molecule has 0 amide bonds. The molecule has 0 saturated heterocycles. The highest BCUT2D eigenvalue weighted by Crippen LogP contribution is 2.73. The van der Waals surface area contributed by atoms with E-state index in [0.29, 0.717) is 22.2 Å². The lowest BCUT2D eigenvalue weighted by molar-refractivity contribution is -0.131. The molecule has 3 unspecified atom stereocenters. The molecule has 0 spiro atoms. The SMILES string of the molecule is CC(C)C(C)CC[C@@H](C)[C@H]1CC[C@@]2(C)C3=CCC4C(C)(C)C(O)CC[C@]4(C)[C@H]3CC[C@]12C. The fourth-order valence-corrected chi connectivity index (χ4v) is 9.71. The Hall–Kier alpha value is -0.300. The summed E-state index contributed by atoms with van der Waals surface area (Å²) in [5.74, 6) is 4.73. The van der Waals surface area contributed by atoms with Crippen molar-refractivity contribution in [3.63, 3.8) is 0 Å². The molecule has 184 valence electrons. The average Bonchev–Trinajstić information content (AvgIpc) is 3.00. The molecular formula is C31H54O. The molecule has 4 aliphatic rings. The van der Waals surface area contributed by atoms with E-state index in [9.17, 15) is 5.11 Å². The molecule has 4 rings (SSSR count). The van der Waals surface area contributed by atoms with E-state index >= 15 is 0 Å². The minimum Gasteiger partial charge on any atom is -0.393 e. The van der Waals surface area contributed by atoms with E-state index in [-0.39, 0.29) is 11.5 Å². The molecule has 4 aliphatic carbocycles. The van der Waals surface area contributed by atoms with Gasteiger partial charge in [-0.25, -0.2) is 0 Å². The first-order chi connectivity index (χ1) is 14.8. The maximum atomic E-state index is 10.8. The summed E-state index contributed by atoms with van der Waals surface area (Å²) in [6.45, 7) is 22.5. The molecule has 0 radical (unpaired) electrons. The van der Waals surface area contributed by atoms with Crippen LogP contribution in [0, 0.1) is 57.2 Å². The Kier molecular flexibility index (Phi) is 6.31. The Morgan fingerprint density at radius 3 is 2.25 bits per heavy atom. The Balaban J connectivity index is 1.60. The van der Waals surface area contributed by atoms with Crippen LogP contribution in [0.2, 0.25) is 0 Å². The minimum atomic E-state index is -0.134. The summed E-state index contributed by atoms with van der Waals surface area (Å²) in [4.78, 5) is 0. The Morgan fingerprint density at radius 1 is 0.906 bits per heavy atom. The lowest BCUT2D eigenvalue weighted by Gasteiger charge is -2.64. The third-order valence-corrected chi connectivity index (χ3v) is 12.8. The van der Waals surface area contributed by atoms with Crippen molar-refractivity contribution in [3.8, 4) is 0 Å². The average molecular weight is 443 g/mol. The van der Waals surface area contributed by atoms with Gasteiger partial charge in [0.2, 0.25) is 0 Å². The molecule has 0 aromatic rings. The zero-order valence-corrected chi connectivity index (χ0v) is 22.9. The second-order valence-corrected chi connectivity index (χ2v) is 14.6. The summed E-state index contributed by atoms with van der Waals surface area (Å²) >= 11 is 0. The van der Waals surface area contributed by atoms with Crippen LogP contribution in [0.4, 0.5) is 0 Å². The third kappa shape index (κ3) is 3.41. The quantitative estimate of drug-likeness (QED) is 0.422. The molecular weight excluding hydrogens is 388 g/mol. The van der Waals surface area contributed by atoms with Crippen molar-refractivity contribution in [2.24, 2.45) is 57.2 Å². The van der Waals surface area contributed by atoms with Crippen molar-refractivity contribution in [1.82, 2.24) is 0 Å². The zero-order chi connectivity index (χ0) is 23.7. The van der Waals surface area contributed by atoms with Crippen LogP contribution in [0.15, 0.2) is 11.6 Å². The van der Waals surface area contributed by atoms with E-state index in [1.54, 1.807) is 0 Å². The zero-order valence-electron chi connectivity index (χ0n) is 22.9. The van der Waals surface area contributed by atoms with Crippen molar-refractivity contribution in [2.75, 3.05) is 0 Å². The molecule has 1 N–H and O–H groups in total. The van der Waals surface area contributed by atoms with Crippen molar-refractivity contribution >= 4 is 0 Å². The number of aliphatic hydroxyl groups excluding tert-OH is 1. The fraction of sp³-hybridized carbons (Fsp3) is 0.935. The van der Waals surface area contributed by atoms with Gasteiger partial charge in [-0.3, -0.25) is 0 Å². The highest BCUT2D eigenvalue weighted by Gasteiger charge is 2.65. The van der Waals surface area contributed by atoms with E-state index in [0.717, 1.165) is 36.0 Å². The summed E-state index contributed by atoms with van der Waals surface area (Å²) in [5, 5.41) is 10.8. The number of aliphatic hydroxyl groups is 1. The number of hydrogen-bond donors (Lipinski definition) is 1. The van der Waals surface area contributed by atoms with Gasteiger partial charge in [-0.15, -0.1) is 0 Å².